The number of hydrogen-bond acceptors (Lipinski definition) is 2. The minimum atomic E-state index is -0.384. The Balaban J connectivity index is 2.79. The van der Waals surface area contributed by atoms with E-state index < -0.39 is 0 Å². The molecule has 1 N–H and O–H groups in total. The van der Waals surface area contributed by atoms with Crippen LogP contribution >= 0.6 is 0 Å². The first-order valence-corrected chi connectivity index (χ1v) is 6.37. The predicted octanol–water partition coefficient (Wildman–Crippen LogP) is 2.65. The van der Waals surface area contributed by atoms with E-state index in [4.69, 9.17) is 0 Å². The molecule has 0 spiro atoms. The van der Waals surface area contributed by atoms with E-state index in [2.05, 4.69) is 30.2 Å². The zero-order valence-corrected chi connectivity index (χ0v) is 11.1. The maximum Gasteiger partial charge on any atom is 0.0670 e. The van der Waals surface area contributed by atoms with Gasteiger partial charge in [-0.3, -0.25) is 4.90 Å². The van der Waals surface area contributed by atoms with Gasteiger partial charge in [0.15, 0.2) is 0 Å². The molecule has 2 atom stereocenters. The number of rotatable bonds is 8. The highest BCUT2D eigenvalue weighted by Gasteiger charge is 2.21. The Kier molecular flexibility index (Phi) is 6.40. The lowest BCUT2D eigenvalue weighted by molar-refractivity contribution is 0.0744. The van der Waals surface area contributed by atoms with Crippen LogP contribution < -0.4 is 0 Å². The molecule has 0 saturated carbocycles. The van der Waals surface area contributed by atoms with Crippen molar-refractivity contribution in [2.75, 3.05) is 13.1 Å². The van der Waals surface area contributed by atoms with Crippen LogP contribution in [-0.4, -0.2) is 35.2 Å². The molecule has 0 bridgehead atoms. The Morgan fingerprint density at radius 3 is 2.17 bits per heavy atom. The summed E-state index contributed by atoms with van der Waals surface area (Å²) in [6.45, 7) is 10.9. The Bertz CT molecular complexity index is 349. The number of benzene rings is 1. The highest BCUT2D eigenvalue weighted by Crippen LogP contribution is 2.13. The van der Waals surface area contributed by atoms with Crippen molar-refractivity contribution in [1.29, 1.82) is 0 Å². The van der Waals surface area contributed by atoms with Crippen LogP contribution in [0.15, 0.2) is 55.6 Å². The Morgan fingerprint density at radius 1 is 1.17 bits per heavy atom. The van der Waals surface area contributed by atoms with Crippen molar-refractivity contribution < 1.29 is 5.11 Å². The molecular weight excluding hydrogens is 222 g/mol. The topological polar surface area (TPSA) is 23.5 Å². The van der Waals surface area contributed by atoms with E-state index in [0.29, 0.717) is 0 Å². The smallest absolute Gasteiger partial charge is 0.0670 e. The molecule has 0 amide bonds. The molecular formula is C16H23NO. The molecule has 2 heteroatoms. The van der Waals surface area contributed by atoms with Crippen LogP contribution in [-0.2, 0) is 6.42 Å². The summed E-state index contributed by atoms with van der Waals surface area (Å²) in [5, 5.41) is 9.99. The lowest BCUT2D eigenvalue weighted by Gasteiger charge is -2.32. The van der Waals surface area contributed by atoms with Crippen molar-refractivity contribution in [2.45, 2.75) is 25.5 Å². The van der Waals surface area contributed by atoms with Crippen LogP contribution in [0.4, 0.5) is 0 Å². The van der Waals surface area contributed by atoms with Crippen LogP contribution in [0.3, 0.4) is 0 Å². The van der Waals surface area contributed by atoms with Gasteiger partial charge in [-0.25, -0.2) is 0 Å². The molecule has 0 saturated heterocycles. The van der Waals surface area contributed by atoms with E-state index in [1.54, 1.807) is 0 Å². The monoisotopic (exact) mass is 245 g/mol. The maximum atomic E-state index is 9.99. The molecule has 0 fully saturated rings. The lowest BCUT2D eigenvalue weighted by Crippen LogP contribution is -2.44. The maximum absolute atomic E-state index is 9.99. The zero-order valence-electron chi connectivity index (χ0n) is 11.1. The lowest BCUT2D eigenvalue weighted by atomic mass is 10.0. The summed E-state index contributed by atoms with van der Waals surface area (Å²) < 4.78 is 0. The van der Waals surface area contributed by atoms with Crippen LogP contribution in [0.5, 0.6) is 0 Å². The highest BCUT2D eigenvalue weighted by molar-refractivity contribution is 5.16. The third kappa shape index (κ3) is 4.47. The molecule has 0 aromatic heterocycles. The van der Waals surface area contributed by atoms with Crippen molar-refractivity contribution in [1.82, 2.24) is 4.90 Å². The average Bonchev–Trinajstić information content (AvgIpc) is 2.37. The largest absolute Gasteiger partial charge is 0.392 e. The fraction of sp³-hybridized carbons (Fsp3) is 0.375. The van der Waals surface area contributed by atoms with Gasteiger partial charge >= 0.3 is 0 Å². The van der Waals surface area contributed by atoms with Crippen LogP contribution in [0, 0.1) is 0 Å². The summed E-state index contributed by atoms with van der Waals surface area (Å²) in [6.07, 6.45) is 4.18. The first-order chi connectivity index (χ1) is 8.69. The molecule has 1 aromatic carbocycles. The van der Waals surface area contributed by atoms with Gasteiger partial charge in [0, 0.05) is 19.1 Å². The second kappa shape index (κ2) is 7.85. The summed E-state index contributed by atoms with van der Waals surface area (Å²) in [7, 11) is 0. The fourth-order valence-corrected chi connectivity index (χ4v) is 2.14. The number of aliphatic hydroxyl groups excluding tert-OH is 1. The van der Waals surface area contributed by atoms with Crippen molar-refractivity contribution in [3.05, 3.63) is 61.2 Å². The van der Waals surface area contributed by atoms with Crippen molar-refractivity contribution in [3.63, 3.8) is 0 Å². The van der Waals surface area contributed by atoms with E-state index in [-0.39, 0.29) is 12.1 Å². The third-order valence-corrected chi connectivity index (χ3v) is 3.04. The molecule has 1 rings (SSSR count). The summed E-state index contributed by atoms with van der Waals surface area (Å²) in [5.74, 6) is 0. The average molecular weight is 245 g/mol. The normalized spacial score (nSPS) is 14.2. The number of hydrogen-bond donors (Lipinski definition) is 1. The molecule has 0 unspecified atom stereocenters. The molecule has 18 heavy (non-hydrogen) atoms. The molecule has 0 aliphatic rings. The van der Waals surface area contributed by atoms with Crippen molar-refractivity contribution in [3.8, 4) is 0 Å². The zero-order chi connectivity index (χ0) is 13.4. The van der Waals surface area contributed by atoms with Crippen molar-refractivity contribution >= 4 is 0 Å². The molecule has 0 aliphatic carbocycles. The fourth-order valence-electron chi connectivity index (χ4n) is 2.14. The summed E-state index contributed by atoms with van der Waals surface area (Å²) in [4.78, 5) is 2.19. The molecule has 0 heterocycles. The van der Waals surface area contributed by atoms with Gasteiger partial charge in [0.25, 0.3) is 0 Å². The second-order valence-corrected chi connectivity index (χ2v) is 4.53. The van der Waals surface area contributed by atoms with Gasteiger partial charge in [0.05, 0.1) is 6.10 Å². The van der Waals surface area contributed by atoms with Gasteiger partial charge in [-0.2, -0.15) is 0 Å². The van der Waals surface area contributed by atoms with Crippen LogP contribution in [0.1, 0.15) is 12.5 Å². The van der Waals surface area contributed by atoms with Crippen LogP contribution in [0.25, 0.3) is 0 Å². The highest BCUT2D eigenvalue weighted by atomic mass is 16.3. The van der Waals surface area contributed by atoms with Gasteiger partial charge in [-0.1, -0.05) is 42.5 Å². The Labute approximate surface area is 110 Å². The van der Waals surface area contributed by atoms with Gasteiger partial charge in [-0.05, 0) is 18.9 Å². The predicted molar refractivity (Wildman–Crippen MR) is 77.6 cm³/mol. The summed E-state index contributed by atoms with van der Waals surface area (Å²) in [5.41, 5.74) is 1.24. The second-order valence-electron chi connectivity index (χ2n) is 4.53. The molecule has 1 aromatic rings. The Hall–Kier alpha value is -1.38. The van der Waals surface area contributed by atoms with E-state index in [1.807, 2.05) is 37.3 Å². The van der Waals surface area contributed by atoms with E-state index in [0.717, 1.165) is 19.5 Å². The van der Waals surface area contributed by atoms with Crippen molar-refractivity contribution in [2.24, 2.45) is 0 Å². The first kappa shape index (κ1) is 14.7. The molecule has 2 nitrogen and oxygen atoms in total. The standard InChI is InChI=1S/C16H23NO/c1-4-11-17(12-5-2)16(14(3)18)13-15-9-7-6-8-10-15/h4-10,14,16,18H,1-2,11-13H2,3H3/t14-,16+/m1/s1. The summed E-state index contributed by atoms with van der Waals surface area (Å²) >= 11 is 0. The van der Waals surface area contributed by atoms with Crippen LogP contribution in [0.2, 0.25) is 0 Å². The van der Waals surface area contributed by atoms with Gasteiger partial charge in [0.2, 0.25) is 0 Å². The number of nitrogens with zero attached hydrogens (tertiary/aromatic N) is 1. The minimum absolute atomic E-state index is 0.0865. The Morgan fingerprint density at radius 2 is 1.72 bits per heavy atom. The van der Waals surface area contributed by atoms with Gasteiger partial charge in [0.1, 0.15) is 0 Å². The van der Waals surface area contributed by atoms with E-state index >= 15 is 0 Å². The number of aliphatic hydroxyl groups is 1. The molecule has 98 valence electrons. The quantitative estimate of drug-likeness (QED) is 0.712. The molecule has 0 radical (unpaired) electrons. The van der Waals surface area contributed by atoms with Gasteiger partial charge in [-0.15, -0.1) is 13.2 Å². The molecule has 0 aliphatic heterocycles. The van der Waals surface area contributed by atoms with E-state index in [9.17, 15) is 5.11 Å². The summed E-state index contributed by atoms with van der Waals surface area (Å²) in [6, 6.07) is 10.3. The van der Waals surface area contributed by atoms with Gasteiger partial charge < -0.3 is 5.11 Å². The first-order valence-electron chi connectivity index (χ1n) is 6.37. The third-order valence-electron chi connectivity index (χ3n) is 3.04. The van der Waals surface area contributed by atoms with E-state index in [1.165, 1.54) is 5.56 Å². The SMILES string of the molecule is C=CCN(CC=C)[C@@H](Cc1ccccc1)[C@@H](C)O. The minimum Gasteiger partial charge on any atom is -0.392 e.